The number of amides is 2. The first-order chi connectivity index (χ1) is 15.5. The van der Waals surface area contributed by atoms with Gasteiger partial charge < -0.3 is 16.4 Å². The summed E-state index contributed by atoms with van der Waals surface area (Å²) in [5.74, 6) is -1.50. The van der Waals surface area contributed by atoms with E-state index in [-0.39, 0.29) is 28.4 Å². The number of carbonyl (C=O) groups is 2. The third-order valence-corrected chi connectivity index (χ3v) is 7.91. The average Bonchev–Trinajstić information content (AvgIpc) is 3.57. The first-order valence-electron chi connectivity index (χ1n) is 10.6. The minimum atomic E-state index is -1.13. The molecule has 0 saturated heterocycles. The number of benzene rings is 1. The van der Waals surface area contributed by atoms with Crippen LogP contribution in [0.1, 0.15) is 49.7 Å². The summed E-state index contributed by atoms with van der Waals surface area (Å²) in [6, 6.07) is 7.51. The zero-order valence-electron chi connectivity index (χ0n) is 18.5. The predicted molar refractivity (Wildman–Crippen MR) is 129 cm³/mol. The molecule has 2 amide bonds. The lowest BCUT2D eigenvalue weighted by Crippen LogP contribution is -2.56. The molecule has 1 aliphatic heterocycles. The Morgan fingerprint density at radius 1 is 1.24 bits per heavy atom. The van der Waals surface area contributed by atoms with Gasteiger partial charge in [0.1, 0.15) is 16.3 Å². The molecule has 1 fully saturated rings. The van der Waals surface area contributed by atoms with Gasteiger partial charge in [-0.3, -0.25) is 14.6 Å². The Bertz CT molecular complexity index is 1140. The van der Waals surface area contributed by atoms with Crippen LogP contribution in [-0.2, 0) is 10.3 Å². The number of aliphatic imine (C=N–C) groups is 1. The van der Waals surface area contributed by atoms with Crippen molar-refractivity contribution in [3.05, 3.63) is 58.6 Å². The van der Waals surface area contributed by atoms with Crippen LogP contribution >= 0.6 is 23.4 Å². The number of carbonyl (C=O) groups excluding carboxylic acids is 2. The molecule has 1 aromatic heterocycles. The number of hydrogen-bond acceptors (Lipinski definition) is 6. The molecule has 33 heavy (non-hydrogen) atoms. The summed E-state index contributed by atoms with van der Waals surface area (Å²) in [6.45, 7) is 5.45. The fourth-order valence-electron chi connectivity index (χ4n) is 3.98. The van der Waals surface area contributed by atoms with Crippen LogP contribution in [0.25, 0.3) is 0 Å². The van der Waals surface area contributed by atoms with Gasteiger partial charge in [-0.25, -0.2) is 9.37 Å². The highest BCUT2D eigenvalue weighted by Gasteiger charge is 2.54. The normalized spacial score (nSPS) is 26.9. The van der Waals surface area contributed by atoms with Crippen molar-refractivity contribution in [1.29, 1.82) is 0 Å². The molecule has 1 saturated carbocycles. The fraction of sp³-hybridized carbons (Fsp3) is 0.391. The summed E-state index contributed by atoms with van der Waals surface area (Å²) in [5, 5.41) is 6.40. The molecule has 10 heteroatoms. The summed E-state index contributed by atoms with van der Waals surface area (Å²) >= 11 is 7.02. The first-order valence-corrected chi connectivity index (χ1v) is 11.8. The zero-order valence-corrected chi connectivity index (χ0v) is 20.1. The lowest BCUT2D eigenvalue weighted by molar-refractivity contribution is -0.125. The molecule has 2 heterocycles. The largest absolute Gasteiger partial charge is 0.378 e. The minimum Gasteiger partial charge on any atom is -0.378 e. The van der Waals surface area contributed by atoms with Crippen LogP contribution in [0.3, 0.4) is 0 Å². The maximum absolute atomic E-state index is 15.1. The minimum absolute atomic E-state index is 0.134. The van der Waals surface area contributed by atoms with E-state index >= 15 is 4.39 Å². The number of pyridine rings is 1. The Kier molecular flexibility index (Phi) is 6.13. The van der Waals surface area contributed by atoms with Gasteiger partial charge in [-0.15, -0.1) is 0 Å². The van der Waals surface area contributed by atoms with Gasteiger partial charge in [0, 0.05) is 29.4 Å². The van der Waals surface area contributed by atoms with Gasteiger partial charge in [0.15, 0.2) is 5.17 Å². The number of rotatable bonds is 5. The second kappa shape index (κ2) is 8.61. The van der Waals surface area contributed by atoms with Gasteiger partial charge in [0.05, 0.1) is 10.6 Å². The van der Waals surface area contributed by atoms with Crippen LogP contribution in [0.2, 0.25) is 5.02 Å². The maximum Gasteiger partial charge on any atom is 0.274 e. The third kappa shape index (κ3) is 4.56. The molecule has 3 atom stereocenters. The third-order valence-electron chi connectivity index (χ3n) is 6.42. The van der Waals surface area contributed by atoms with Gasteiger partial charge in [0.25, 0.3) is 5.91 Å². The number of amidine groups is 1. The van der Waals surface area contributed by atoms with E-state index in [9.17, 15) is 9.59 Å². The van der Waals surface area contributed by atoms with E-state index < -0.39 is 27.9 Å². The number of halogens is 2. The SMILES string of the molecule is C[C@@H]1[C@@](C)(C(=O)NC2CC2)SC(N)=N[C@]1(C)c1cc(NC(=O)c2ccc(Cl)cn2)ccc1F. The van der Waals surface area contributed by atoms with Crippen LogP contribution in [0.15, 0.2) is 41.5 Å². The van der Waals surface area contributed by atoms with E-state index in [0.29, 0.717) is 10.7 Å². The summed E-state index contributed by atoms with van der Waals surface area (Å²) in [7, 11) is 0. The molecule has 1 aliphatic carbocycles. The van der Waals surface area contributed by atoms with E-state index in [0.717, 1.165) is 12.8 Å². The van der Waals surface area contributed by atoms with Gasteiger partial charge >= 0.3 is 0 Å². The summed E-state index contributed by atoms with van der Waals surface area (Å²) in [6.07, 6.45) is 3.29. The molecule has 174 valence electrons. The highest BCUT2D eigenvalue weighted by Crippen LogP contribution is 2.50. The number of nitrogens with one attached hydrogen (secondary N) is 2. The van der Waals surface area contributed by atoms with Crippen molar-refractivity contribution in [1.82, 2.24) is 10.3 Å². The molecule has 4 N–H and O–H groups in total. The van der Waals surface area contributed by atoms with Crippen LogP contribution < -0.4 is 16.4 Å². The fourth-order valence-corrected chi connectivity index (χ4v) is 5.32. The Morgan fingerprint density at radius 3 is 2.61 bits per heavy atom. The van der Waals surface area contributed by atoms with Gasteiger partial charge in [-0.2, -0.15) is 0 Å². The van der Waals surface area contributed by atoms with Crippen LogP contribution in [0.5, 0.6) is 0 Å². The number of nitrogens with zero attached hydrogens (tertiary/aromatic N) is 2. The van der Waals surface area contributed by atoms with Crippen LogP contribution in [0, 0.1) is 11.7 Å². The molecule has 0 spiro atoms. The average molecular weight is 490 g/mol. The maximum atomic E-state index is 15.1. The topological polar surface area (TPSA) is 109 Å². The van der Waals surface area contributed by atoms with Gasteiger partial charge in [0.2, 0.25) is 5.91 Å². The molecule has 1 aromatic carbocycles. The highest BCUT2D eigenvalue weighted by molar-refractivity contribution is 8.15. The second-order valence-corrected chi connectivity index (χ2v) is 10.7. The van der Waals surface area contributed by atoms with Crippen molar-refractivity contribution in [2.24, 2.45) is 16.6 Å². The molecule has 0 unspecified atom stereocenters. The van der Waals surface area contributed by atoms with Crippen molar-refractivity contribution in [3.63, 3.8) is 0 Å². The summed E-state index contributed by atoms with van der Waals surface area (Å²) < 4.78 is 14.2. The Balaban J connectivity index is 1.66. The molecular formula is C23H25ClFN5O2S. The van der Waals surface area contributed by atoms with Crippen molar-refractivity contribution >= 4 is 46.0 Å². The second-order valence-electron chi connectivity index (χ2n) is 8.79. The Labute approximate surface area is 200 Å². The molecule has 0 radical (unpaired) electrons. The molecular weight excluding hydrogens is 465 g/mol. The molecule has 2 aliphatic rings. The molecule has 4 rings (SSSR count). The van der Waals surface area contributed by atoms with Crippen molar-refractivity contribution in [2.45, 2.75) is 49.9 Å². The summed E-state index contributed by atoms with van der Waals surface area (Å²) in [5.41, 5.74) is 5.80. The monoisotopic (exact) mass is 489 g/mol. The van der Waals surface area contributed by atoms with E-state index in [4.69, 9.17) is 17.3 Å². The number of nitrogens with two attached hydrogens (primary N) is 1. The smallest absolute Gasteiger partial charge is 0.274 e. The number of aromatic nitrogens is 1. The van der Waals surface area contributed by atoms with Crippen molar-refractivity contribution in [3.8, 4) is 0 Å². The summed E-state index contributed by atoms with van der Waals surface area (Å²) in [4.78, 5) is 34.3. The van der Waals surface area contributed by atoms with Crippen molar-refractivity contribution in [2.75, 3.05) is 5.32 Å². The number of hydrogen-bond donors (Lipinski definition) is 3. The quantitative estimate of drug-likeness (QED) is 0.586. The highest BCUT2D eigenvalue weighted by atomic mass is 35.5. The molecule has 7 nitrogen and oxygen atoms in total. The van der Waals surface area contributed by atoms with E-state index in [1.165, 1.54) is 42.2 Å². The molecule has 0 bridgehead atoms. The number of anilines is 1. The predicted octanol–water partition coefficient (Wildman–Crippen LogP) is 4.08. The van der Waals surface area contributed by atoms with E-state index in [2.05, 4.69) is 20.6 Å². The lowest BCUT2D eigenvalue weighted by Gasteiger charge is -2.46. The van der Waals surface area contributed by atoms with Gasteiger partial charge in [-0.1, -0.05) is 30.3 Å². The Hall–Kier alpha value is -2.65. The van der Waals surface area contributed by atoms with E-state index in [1.807, 2.05) is 13.8 Å². The first kappa shape index (κ1) is 23.5. The van der Waals surface area contributed by atoms with Crippen LogP contribution in [0.4, 0.5) is 10.1 Å². The molecule has 2 aromatic rings. The Morgan fingerprint density at radius 2 is 1.97 bits per heavy atom. The van der Waals surface area contributed by atoms with Gasteiger partial charge in [-0.05, 0) is 57.0 Å². The zero-order chi connectivity index (χ0) is 24.0. The number of thioether (sulfide) groups is 1. The van der Waals surface area contributed by atoms with Crippen LogP contribution in [-0.4, -0.2) is 32.8 Å². The van der Waals surface area contributed by atoms with E-state index in [1.54, 1.807) is 13.0 Å². The standard InChI is InChI=1S/C23H25ClFN5O2S/c1-12-22(2,30-21(26)33-23(12,3)20(32)29-14-5-6-14)16-10-15(7-8-17(16)25)28-19(31)18-9-4-13(24)11-27-18/h4,7-12,14H,5-6H2,1-3H3,(H2,26,30)(H,28,31)(H,29,32)/t12-,22-,23-/m0/s1. The lowest BCUT2D eigenvalue weighted by atomic mass is 9.73. The van der Waals surface area contributed by atoms with Crippen molar-refractivity contribution < 1.29 is 14.0 Å².